The van der Waals surface area contributed by atoms with Crippen LogP contribution in [-0.4, -0.2) is 29.7 Å². The number of methoxy groups -OCH3 is 1. The van der Waals surface area contributed by atoms with Gasteiger partial charge in [-0.05, 0) is 38.1 Å². The maximum absolute atomic E-state index is 12.7. The number of benzene rings is 1. The largest absolute Gasteiger partial charge is 0.495 e. The number of nitrogens with one attached hydrogen (secondary N) is 1. The minimum absolute atomic E-state index is 0.00635. The third kappa shape index (κ3) is 3.99. The molecule has 148 valence electrons. The Morgan fingerprint density at radius 2 is 1.90 bits per heavy atom. The highest BCUT2D eigenvalue weighted by Crippen LogP contribution is 2.27. The number of nitrogens with zero attached hydrogens (tertiary/aromatic N) is 2. The average Bonchev–Trinajstić information content (AvgIpc) is 3.35. The molecule has 0 aliphatic heterocycles. The number of ether oxygens (including phenoxy) is 2. The zero-order chi connectivity index (χ0) is 21.0. The number of nitriles is 1. The van der Waals surface area contributed by atoms with Gasteiger partial charge in [-0.1, -0.05) is 12.1 Å². The highest BCUT2D eigenvalue weighted by molar-refractivity contribution is 5.99. The SMILES string of the molecule is COc1ccccc1NC(=O)[C@H](C)OC(=O)c1c(C)oc(-n2cccc2)c1C#N. The highest BCUT2D eigenvalue weighted by Gasteiger charge is 2.28. The number of aromatic nitrogens is 1. The first-order chi connectivity index (χ1) is 14.0. The summed E-state index contributed by atoms with van der Waals surface area (Å²) in [5.41, 5.74) is 0.490. The maximum Gasteiger partial charge on any atom is 0.343 e. The van der Waals surface area contributed by atoms with E-state index in [1.54, 1.807) is 60.3 Å². The molecule has 1 aromatic carbocycles. The van der Waals surface area contributed by atoms with Crippen LogP contribution in [0.2, 0.25) is 0 Å². The van der Waals surface area contributed by atoms with Crippen LogP contribution in [0.3, 0.4) is 0 Å². The van der Waals surface area contributed by atoms with E-state index in [4.69, 9.17) is 13.9 Å². The summed E-state index contributed by atoms with van der Waals surface area (Å²) in [5.74, 6) is -0.425. The molecular weight excluding hydrogens is 374 g/mol. The Balaban J connectivity index is 1.78. The van der Waals surface area contributed by atoms with E-state index >= 15 is 0 Å². The molecule has 0 aliphatic carbocycles. The summed E-state index contributed by atoms with van der Waals surface area (Å²) >= 11 is 0. The van der Waals surface area contributed by atoms with E-state index in [-0.39, 0.29) is 22.8 Å². The van der Waals surface area contributed by atoms with Gasteiger partial charge in [0.15, 0.2) is 6.10 Å². The summed E-state index contributed by atoms with van der Waals surface area (Å²) in [6, 6.07) is 12.4. The first-order valence-electron chi connectivity index (χ1n) is 8.78. The number of hydrogen-bond donors (Lipinski definition) is 1. The van der Waals surface area contributed by atoms with Crippen LogP contribution in [0.15, 0.2) is 53.2 Å². The van der Waals surface area contributed by atoms with Gasteiger partial charge in [-0.15, -0.1) is 0 Å². The Bertz CT molecular complexity index is 1080. The molecule has 3 rings (SSSR count). The van der Waals surface area contributed by atoms with Crippen molar-refractivity contribution in [2.75, 3.05) is 12.4 Å². The van der Waals surface area contributed by atoms with Crippen LogP contribution in [0.4, 0.5) is 5.69 Å². The third-order valence-corrected chi connectivity index (χ3v) is 4.24. The molecule has 29 heavy (non-hydrogen) atoms. The molecule has 0 spiro atoms. The molecule has 2 heterocycles. The van der Waals surface area contributed by atoms with Gasteiger partial charge in [0.05, 0.1) is 12.8 Å². The van der Waals surface area contributed by atoms with Crippen molar-refractivity contribution in [2.45, 2.75) is 20.0 Å². The standard InChI is InChI=1S/C21H19N3O5/c1-13-18(15(12-22)20(28-13)24-10-6-7-11-24)21(26)29-14(2)19(25)23-16-8-4-5-9-17(16)27-3/h4-11,14H,1-3H3,(H,23,25)/t14-/m0/s1. The second-order valence-corrected chi connectivity index (χ2v) is 6.15. The number of para-hydroxylation sites is 2. The van der Waals surface area contributed by atoms with Crippen LogP contribution in [0.25, 0.3) is 5.88 Å². The number of carbonyl (C=O) groups excluding carboxylic acids is 2. The number of furan rings is 1. The molecule has 0 aliphatic rings. The van der Waals surface area contributed by atoms with Gasteiger partial charge in [0.1, 0.15) is 28.7 Å². The van der Waals surface area contributed by atoms with E-state index in [2.05, 4.69) is 5.32 Å². The first kappa shape index (κ1) is 19.8. The van der Waals surface area contributed by atoms with Crippen molar-refractivity contribution >= 4 is 17.6 Å². The topological polar surface area (TPSA) is 106 Å². The molecule has 0 fully saturated rings. The van der Waals surface area contributed by atoms with Crippen molar-refractivity contribution < 1.29 is 23.5 Å². The van der Waals surface area contributed by atoms with Gasteiger partial charge in [0.25, 0.3) is 5.91 Å². The molecular formula is C21H19N3O5. The van der Waals surface area contributed by atoms with E-state index < -0.39 is 18.0 Å². The Morgan fingerprint density at radius 3 is 2.55 bits per heavy atom. The Kier molecular flexibility index (Phi) is 5.69. The van der Waals surface area contributed by atoms with E-state index in [0.29, 0.717) is 11.4 Å². The van der Waals surface area contributed by atoms with Crippen LogP contribution < -0.4 is 10.1 Å². The maximum atomic E-state index is 12.7. The zero-order valence-electron chi connectivity index (χ0n) is 16.1. The highest BCUT2D eigenvalue weighted by atomic mass is 16.5. The van der Waals surface area contributed by atoms with Crippen molar-refractivity contribution in [3.63, 3.8) is 0 Å². The average molecular weight is 393 g/mol. The quantitative estimate of drug-likeness (QED) is 0.643. The van der Waals surface area contributed by atoms with Gasteiger partial charge in [-0.2, -0.15) is 5.26 Å². The summed E-state index contributed by atoms with van der Waals surface area (Å²) in [6.45, 7) is 3.00. The van der Waals surface area contributed by atoms with Crippen molar-refractivity contribution in [2.24, 2.45) is 0 Å². The van der Waals surface area contributed by atoms with Crippen LogP contribution >= 0.6 is 0 Å². The molecule has 0 bridgehead atoms. The predicted molar refractivity (Wildman–Crippen MR) is 104 cm³/mol. The van der Waals surface area contributed by atoms with Crippen LogP contribution in [-0.2, 0) is 9.53 Å². The van der Waals surface area contributed by atoms with E-state index in [0.717, 1.165) is 0 Å². The second-order valence-electron chi connectivity index (χ2n) is 6.15. The van der Waals surface area contributed by atoms with E-state index in [9.17, 15) is 14.9 Å². The van der Waals surface area contributed by atoms with Crippen LogP contribution in [0.1, 0.15) is 28.6 Å². The molecule has 0 saturated carbocycles. The Morgan fingerprint density at radius 1 is 1.21 bits per heavy atom. The van der Waals surface area contributed by atoms with Gasteiger partial charge < -0.3 is 19.2 Å². The summed E-state index contributed by atoms with van der Waals surface area (Å²) in [4.78, 5) is 25.1. The molecule has 1 amide bonds. The number of amides is 1. The van der Waals surface area contributed by atoms with Gasteiger partial charge in [0, 0.05) is 12.4 Å². The molecule has 2 aromatic heterocycles. The fourth-order valence-electron chi connectivity index (χ4n) is 2.79. The lowest BCUT2D eigenvalue weighted by Gasteiger charge is -2.15. The molecule has 1 N–H and O–H groups in total. The van der Waals surface area contributed by atoms with Crippen LogP contribution in [0, 0.1) is 18.3 Å². The van der Waals surface area contributed by atoms with E-state index in [1.807, 2.05) is 6.07 Å². The summed E-state index contributed by atoms with van der Waals surface area (Å²) in [7, 11) is 1.49. The Labute approximate surface area is 167 Å². The van der Waals surface area contributed by atoms with Crippen molar-refractivity contribution in [3.8, 4) is 17.7 Å². The number of aryl methyl sites for hydroxylation is 1. The number of carbonyl (C=O) groups is 2. The lowest BCUT2D eigenvalue weighted by atomic mass is 10.1. The zero-order valence-corrected chi connectivity index (χ0v) is 16.1. The molecule has 3 aromatic rings. The fraction of sp³-hybridized carbons (Fsp3) is 0.190. The van der Waals surface area contributed by atoms with Gasteiger partial charge in [-0.3, -0.25) is 9.36 Å². The van der Waals surface area contributed by atoms with Gasteiger partial charge in [0.2, 0.25) is 5.88 Å². The second kappa shape index (κ2) is 8.35. The molecule has 8 heteroatoms. The summed E-state index contributed by atoms with van der Waals surface area (Å²) < 4.78 is 17.6. The predicted octanol–water partition coefficient (Wildman–Crippen LogP) is 3.44. The lowest BCUT2D eigenvalue weighted by molar-refractivity contribution is -0.123. The third-order valence-electron chi connectivity index (χ3n) is 4.24. The lowest BCUT2D eigenvalue weighted by Crippen LogP contribution is -2.30. The number of rotatable bonds is 6. The summed E-state index contributed by atoms with van der Waals surface area (Å²) in [5, 5.41) is 12.2. The molecule has 0 radical (unpaired) electrons. The Hall–Kier alpha value is -3.99. The summed E-state index contributed by atoms with van der Waals surface area (Å²) in [6.07, 6.45) is 2.28. The van der Waals surface area contributed by atoms with Crippen molar-refractivity contribution in [1.82, 2.24) is 4.57 Å². The number of anilines is 1. The van der Waals surface area contributed by atoms with Gasteiger partial charge in [-0.25, -0.2) is 4.79 Å². The molecule has 8 nitrogen and oxygen atoms in total. The smallest absolute Gasteiger partial charge is 0.343 e. The molecule has 1 atom stereocenters. The number of hydrogen-bond acceptors (Lipinski definition) is 6. The normalized spacial score (nSPS) is 11.4. The van der Waals surface area contributed by atoms with Gasteiger partial charge >= 0.3 is 5.97 Å². The van der Waals surface area contributed by atoms with Crippen molar-refractivity contribution in [3.05, 3.63) is 65.7 Å². The fourth-order valence-corrected chi connectivity index (χ4v) is 2.79. The molecule has 0 saturated heterocycles. The minimum atomic E-state index is -1.11. The van der Waals surface area contributed by atoms with Crippen LogP contribution in [0.5, 0.6) is 5.75 Å². The monoisotopic (exact) mass is 393 g/mol. The molecule has 0 unspecified atom stereocenters. The van der Waals surface area contributed by atoms with Crippen molar-refractivity contribution in [1.29, 1.82) is 5.26 Å². The first-order valence-corrected chi connectivity index (χ1v) is 8.78. The number of esters is 1. The van der Waals surface area contributed by atoms with E-state index in [1.165, 1.54) is 14.0 Å². The minimum Gasteiger partial charge on any atom is -0.495 e.